The highest BCUT2D eigenvalue weighted by Gasteiger charge is 2.29. The van der Waals surface area contributed by atoms with Crippen molar-refractivity contribution in [3.8, 4) is 23.3 Å². The second-order valence-corrected chi connectivity index (χ2v) is 9.03. The lowest BCUT2D eigenvalue weighted by molar-refractivity contribution is -0.119. The van der Waals surface area contributed by atoms with E-state index in [0.717, 1.165) is 4.31 Å². The lowest BCUT2D eigenvalue weighted by atomic mass is 10.2. The number of hydrazone groups is 1. The molecule has 0 spiro atoms. The molecule has 0 aliphatic heterocycles. The molecule has 0 aliphatic rings. The molecule has 0 radical (unpaired) electrons. The summed E-state index contributed by atoms with van der Waals surface area (Å²) < 4.78 is 43.6. The van der Waals surface area contributed by atoms with E-state index >= 15 is 0 Å². The highest BCUT2D eigenvalue weighted by Crippen LogP contribution is 2.32. The van der Waals surface area contributed by atoms with E-state index in [0.29, 0.717) is 17.1 Å². The third-order valence-corrected chi connectivity index (χ3v) is 6.65. The quantitative estimate of drug-likeness (QED) is 0.311. The molecule has 0 saturated heterocycles. The van der Waals surface area contributed by atoms with Crippen LogP contribution in [-0.4, -0.2) is 47.9 Å². The second-order valence-electron chi connectivity index (χ2n) is 7.17. The average Bonchev–Trinajstić information content (AvgIpc) is 2.91. The van der Waals surface area contributed by atoms with E-state index in [-0.39, 0.29) is 22.9 Å². The molecule has 11 heteroatoms. The smallest absolute Gasteiger partial charge is 0.264 e. The Bertz CT molecular complexity index is 1350. The molecular formula is C25H24N4O6S. The molecule has 0 aromatic heterocycles. The van der Waals surface area contributed by atoms with Gasteiger partial charge in [-0.3, -0.25) is 9.10 Å². The Morgan fingerprint density at radius 2 is 1.67 bits per heavy atom. The van der Waals surface area contributed by atoms with Gasteiger partial charge in [-0.2, -0.15) is 10.4 Å². The average molecular weight is 509 g/mol. The Kier molecular flexibility index (Phi) is 8.85. The predicted octanol–water partition coefficient (Wildman–Crippen LogP) is 2.95. The summed E-state index contributed by atoms with van der Waals surface area (Å²) in [5.41, 5.74) is 3.21. The highest BCUT2D eigenvalue weighted by molar-refractivity contribution is 7.92. The first-order valence-corrected chi connectivity index (χ1v) is 12.0. The maximum absolute atomic E-state index is 13.5. The molecule has 36 heavy (non-hydrogen) atoms. The van der Waals surface area contributed by atoms with Crippen molar-refractivity contribution >= 4 is 27.8 Å². The van der Waals surface area contributed by atoms with E-state index < -0.39 is 22.5 Å². The van der Waals surface area contributed by atoms with Gasteiger partial charge in [-0.25, -0.2) is 13.8 Å². The Balaban J connectivity index is 1.80. The van der Waals surface area contributed by atoms with Crippen LogP contribution in [0.3, 0.4) is 0 Å². The number of hydrogen-bond donors (Lipinski definition) is 1. The van der Waals surface area contributed by atoms with Gasteiger partial charge in [0.25, 0.3) is 15.9 Å². The third-order valence-electron chi connectivity index (χ3n) is 4.87. The fourth-order valence-corrected chi connectivity index (χ4v) is 4.55. The lowest BCUT2D eigenvalue weighted by Crippen LogP contribution is -2.39. The van der Waals surface area contributed by atoms with Crippen LogP contribution in [0.2, 0.25) is 0 Å². The molecule has 0 unspecified atom stereocenters. The van der Waals surface area contributed by atoms with Crippen molar-refractivity contribution in [1.29, 1.82) is 5.26 Å². The molecule has 10 nitrogen and oxygen atoms in total. The molecular weight excluding hydrogens is 484 g/mol. The topological polar surface area (TPSA) is 130 Å². The molecule has 3 aromatic carbocycles. The summed E-state index contributed by atoms with van der Waals surface area (Å²) in [6.07, 6.45) is 1.40. The number of ether oxygens (including phenoxy) is 3. The van der Waals surface area contributed by atoms with Crippen molar-refractivity contribution in [3.05, 3.63) is 78.4 Å². The van der Waals surface area contributed by atoms with E-state index in [1.54, 1.807) is 48.5 Å². The molecule has 0 heterocycles. The first-order chi connectivity index (χ1) is 17.4. The number of hydrogen-bond acceptors (Lipinski definition) is 8. The van der Waals surface area contributed by atoms with Crippen LogP contribution >= 0.6 is 0 Å². The molecule has 3 aromatic rings. The molecule has 0 bridgehead atoms. The fraction of sp³-hybridized carbons (Fsp3) is 0.160. The Hall–Kier alpha value is -4.56. The van der Waals surface area contributed by atoms with Crippen LogP contribution in [0.25, 0.3) is 0 Å². The van der Waals surface area contributed by atoms with Gasteiger partial charge in [0, 0.05) is 0 Å². The molecule has 0 saturated carbocycles. The molecule has 0 atom stereocenters. The molecule has 3 rings (SSSR count). The summed E-state index contributed by atoms with van der Waals surface area (Å²) in [6, 6.07) is 20.9. The van der Waals surface area contributed by atoms with Crippen LogP contribution in [0.15, 0.2) is 82.8 Å². The summed E-state index contributed by atoms with van der Waals surface area (Å²) in [5, 5.41) is 12.5. The van der Waals surface area contributed by atoms with Gasteiger partial charge in [-0.1, -0.05) is 12.1 Å². The van der Waals surface area contributed by atoms with Gasteiger partial charge in [-0.05, 0) is 66.2 Å². The van der Waals surface area contributed by atoms with Gasteiger partial charge >= 0.3 is 0 Å². The van der Waals surface area contributed by atoms with Crippen LogP contribution < -0.4 is 23.9 Å². The minimum atomic E-state index is -4.15. The molecule has 0 fully saturated rings. The number of carbonyl (C=O) groups excluding carboxylic acids is 1. The van der Waals surface area contributed by atoms with Crippen LogP contribution in [0.5, 0.6) is 17.2 Å². The van der Waals surface area contributed by atoms with Crippen molar-refractivity contribution < 1.29 is 27.4 Å². The number of methoxy groups -OCH3 is 2. The Labute approximate surface area is 209 Å². The zero-order valence-corrected chi connectivity index (χ0v) is 20.4. The number of para-hydroxylation sites is 2. The fourth-order valence-electron chi connectivity index (χ4n) is 3.12. The van der Waals surface area contributed by atoms with Gasteiger partial charge < -0.3 is 14.2 Å². The standard InChI is InChI=1S/C25H24N4O6S/c1-33-20-11-13-22(14-12-20)36(31,32)29(23-5-3-4-6-24(23)34-2)18-25(30)28-27-17-19-7-9-21(10-8-19)35-16-15-26/h3-14,17H,16,18H2,1-2H3,(H,28,30)/b27-17-. The van der Waals surface area contributed by atoms with Crippen molar-refractivity contribution in [2.45, 2.75) is 4.90 Å². The van der Waals surface area contributed by atoms with E-state index in [4.69, 9.17) is 19.5 Å². The molecule has 1 amide bonds. The van der Waals surface area contributed by atoms with Crippen molar-refractivity contribution in [2.24, 2.45) is 5.10 Å². The van der Waals surface area contributed by atoms with Crippen LogP contribution in [0, 0.1) is 11.3 Å². The van der Waals surface area contributed by atoms with E-state index in [1.165, 1.54) is 44.7 Å². The second kappa shape index (κ2) is 12.2. The zero-order valence-electron chi connectivity index (χ0n) is 19.6. The number of nitriles is 1. The monoisotopic (exact) mass is 508 g/mol. The number of sulfonamides is 1. The number of anilines is 1. The summed E-state index contributed by atoms with van der Waals surface area (Å²) in [5.74, 6) is 0.635. The first-order valence-electron chi connectivity index (χ1n) is 10.6. The van der Waals surface area contributed by atoms with Crippen LogP contribution in [-0.2, 0) is 14.8 Å². The summed E-state index contributed by atoms with van der Waals surface area (Å²) >= 11 is 0. The van der Waals surface area contributed by atoms with Gasteiger partial charge in [0.15, 0.2) is 6.61 Å². The van der Waals surface area contributed by atoms with E-state index in [1.807, 2.05) is 6.07 Å². The number of benzene rings is 3. The predicted molar refractivity (Wildman–Crippen MR) is 134 cm³/mol. The molecule has 0 aliphatic carbocycles. The minimum absolute atomic E-state index is 0.0239. The summed E-state index contributed by atoms with van der Waals surface area (Å²) in [4.78, 5) is 12.7. The number of nitrogens with zero attached hydrogens (tertiary/aromatic N) is 3. The number of carbonyl (C=O) groups is 1. The van der Waals surface area contributed by atoms with E-state index in [9.17, 15) is 13.2 Å². The van der Waals surface area contributed by atoms with Crippen molar-refractivity contribution in [2.75, 3.05) is 31.7 Å². The summed E-state index contributed by atoms with van der Waals surface area (Å²) in [7, 11) is -1.25. The molecule has 186 valence electrons. The number of nitrogens with one attached hydrogen (secondary N) is 1. The normalized spacial score (nSPS) is 10.9. The maximum Gasteiger partial charge on any atom is 0.264 e. The maximum atomic E-state index is 13.5. The largest absolute Gasteiger partial charge is 0.497 e. The lowest BCUT2D eigenvalue weighted by Gasteiger charge is -2.25. The van der Waals surface area contributed by atoms with Gasteiger partial charge in [0.2, 0.25) is 0 Å². The SMILES string of the molecule is COc1ccc(S(=O)(=O)N(CC(=O)N/N=C\c2ccc(OCC#N)cc2)c2ccccc2OC)cc1. The number of amides is 1. The zero-order chi connectivity index (χ0) is 26.0. The van der Waals surface area contributed by atoms with E-state index in [2.05, 4.69) is 10.5 Å². The molecule has 1 N–H and O–H groups in total. The first kappa shape index (κ1) is 26.1. The van der Waals surface area contributed by atoms with Crippen molar-refractivity contribution in [3.63, 3.8) is 0 Å². The minimum Gasteiger partial charge on any atom is -0.497 e. The van der Waals surface area contributed by atoms with Crippen molar-refractivity contribution in [1.82, 2.24) is 5.43 Å². The third kappa shape index (κ3) is 6.52. The highest BCUT2D eigenvalue weighted by atomic mass is 32.2. The van der Waals surface area contributed by atoms with Gasteiger partial charge in [0.05, 0.1) is 31.0 Å². The van der Waals surface area contributed by atoms with Crippen LogP contribution in [0.4, 0.5) is 5.69 Å². The van der Waals surface area contributed by atoms with Gasteiger partial charge in [-0.15, -0.1) is 0 Å². The Morgan fingerprint density at radius 3 is 2.31 bits per heavy atom. The summed E-state index contributed by atoms with van der Waals surface area (Å²) in [6.45, 7) is -0.612. The number of rotatable bonds is 11. The Morgan fingerprint density at radius 1 is 1.00 bits per heavy atom. The van der Waals surface area contributed by atoms with Gasteiger partial charge in [0.1, 0.15) is 29.9 Å². The van der Waals surface area contributed by atoms with Crippen LogP contribution in [0.1, 0.15) is 5.56 Å².